The van der Waals surface area contributed by atoms with Crippen LogP contribution >= 0.6 is 11.6 Å². The summed E-state index contributed by atoms with van der Waals surface area (Å²) in [5, 5.41) is 11.0. The number of nitro benzene ring substituents is 1. The van der Waals surface area contributed by atoms with Crippen LogP contribution in [0.25, 0.3) is 0 Å². The highest BCUT2D eigenvalue weighted by atomic mass is 35.5. The molecule has 0 radical (unpaired) electrons. The number of aromatic nitrogens is 1. The highest BCUT2D eigenvalue weighted by Crippen LogP contribution is 2.38. The third kappa shape index (κ3) is 2.74. The molecule has 2 N–H and O–H groups in total. The van der Waals surface area contributed by atoms with E-state index in [0.29, 0.717) is 0 Å². The molecule has 1 heterocycles. The van der Waals surface area contributed by atoms with Crippen molar-refractivity contribution in [3.8, 4) is 11.6 Å². The average molecular weight is 280 g/mol. The first-order chi connectivity index (χ1) is 8.99. The number of aryl methyl sites for hydroxylation is 1. The molecule has 2 rings (SSSR count). The molecule has 0 aliphatic carbocycles. The zero-order chi connectivity index (χ0) is 14.0. The van der Waals surface area contributed by atoms with Crippen LogP contribution < -0.4 is 10.5 Å². The molecule has 2 aromatic rings. The van der Waals surface area contributed by atoms with Gasteiger partial charge in [0.1, 0.15) is 0 Å². The molecule has 0 atom stereocenters. The monoisotopic (exact) mass is 279 g/mol. The molecule has 0 unspecified atom stereocenters. The lowest BCUT2D eigenvalue weighted by atomic mass is 10.3. The van der Waals surface area contributed by atoms with Crippen LogP contribution in [0.1, 0.15) is 5.56 Å². The summed E-state index contributed by atoms with van der Waals surface area (Å²) in [4.78, 5) is 14.3. The molecule has 0 fully saturated rings. The van der Waals surface area contributed by atoms with Crippen molar-refractivity contribution in [1.29, 1.82) is 0 Å². The Balaban J connectivity index is 2.46. The van der Waals surface area contributed by atoms with Crippen LogP contribution in [0.2, 0.25) is 5.02 Å². The predicted molar refractivity (Wildman–Crippen MR) is 71.6 cm³/mol. The van der Waals surface area contributed by atoms with E-state index in [1.54, 1.807) is 12.3 Å². The van der Waals surface area contributed by atoms with Crippen molar-refractivity contribution in [3.05, 3.63) is 51.2 Å². The number of halogens is 1. The predicted octanol–water partition coefficient (Wildman–Crippen LogP) is 3.33. The molecule has 1 aromatic carbocycles. The summed E-state index contributed by atoms with van der Waals surface area (Å²) in [5.74, 6) is 0.0130. The Hall–Kier alpha value is -2.34. The minimum Gasteiger partial charge on any atom is -0.428 e. The van der Waals surface area contributed by atoms with Crippen molar-refractivity contribution in [1.82, 2.24) is 4.98 Å². The van der Waals surface area contributed by atoms with Crippen molar-refractivity contribution in [2.45, 2.75) is 6.92 Å². The number of nitrogens with zero attached hydrogens (tertiary/aromatic N) is 2. The maximum Gasteiger partial charge on any atom is 0.313 e. The summed E-state index contributed by atoms with van der Waals surface area (Å²) in [7, 11) is 0. The topological polar surface area (TPSA) is 91.3 Å². The van der Waals surface area contributed by atoms with E-state index >= 15 is 0 Å². The Bertz CT molecular complexity index is 646. The van der Waals surface area contributed by atoms with Crippen LogP contribution in [0, 0.1) is 17.0 Å². The summed E-state index contributed by atoms with van der Waals surface area (Å²) in [5.41, 5.74) is 6.65. The van der Waals surface area contributed by atoms with Crippen molar-refractivity contribution >= 4 is 23.0 Å². The number of nitrogen functional groups attached to an aromatic ring is 1. The van der Waals surface area contributed by atoms with Crippen LogP contribution in [0.15, 0.2) is 30.5 Å². The molecule has 0 bridgehead atoms. The highest BCUT2D eigenvalue weighted by molar-refractivity contribution is 6.32. The number of benzene rings is 1. The molecule has 98 valence electrons. The van der Waals surface area contributed by atoms with Gasteiger partial charge in [0.15, 0.2) is 0 Å². The molecule has 0 aliphatic heterocycles. The molecule has 1 aromatic heterocycles. The van der Waals surface area contributed by atoms with Gasteiger partial charge in [0.05, 0.1) is 15.6 Å². The summed E-state index contributed by atoms with van der Waals surface area (Å²) in [6.45, 7) is 1.82. The van der Waals surface area contributed by atoms with Crippen LogP contribution in [-0.4, -0.2) is 9.91 Å². The summed E-state index contributed by atoms with van der Waals surface area (Å²) in [6.07, 6.45) is 1.55. The number of hydrogen-bond donors (Lipinski definition) is 1. The molecule has 0 spiro atoms. The molecule has 0 saturated heterocycles. The third-order valence-corrected chi connectivity index (χ3v) is 2.65. The van der Waals surface area contributed by atoms with Crippen LogP contribution in [-0.2, 0) is 0 Å². The minimum atomic E-state index is -0.578. The quantitative estimate of drug-likeness (QED) is 0.687. The van der Waals surface area contributed by atoms with Crippen LogP contribution in [0.4, 0.5) is 11.4 Å². The largest absolute Gasteiger partial charge is 0.428 e. The van der Waals surface area contributed by atoms with Gasteiger partial charge in [-0.1, -0.05) is 17.7 Å². The fourth-order valence-corrected chi connectivity index (χ4v) is 1.71. The lowest BCUT2D eigenvalue weighted by molar-refractivity contribution is -0.385. The Labute approximate surface area is 113 Å². The first-order valence-electron chi connectivity index (χ1n) is 5.32. The van der Waals surface area contributed by atoms with Gasteiger partial charge in [-0.25, -0.2) is 4.98 Å². The van der Waals surface area contributed by atoms with Gasteiger partial charge in [0, 0.05) is 12.3 Å². The van der Waals surface area contributed by atoms with Gasteiger partial charge in [0.25, 0.3) is 0 Å². The Morgan fingerprint density at radius 1 is 1.47 bits per heavy atom. The van der Waals surface area contributed by atoms with Crippen molar-refractivity contribution in [3.63, 3.8) is 0 Å². The van der Waals surface area contributed by atoms with Gasteiger partial charge in [-0.3, -0.25) is 10.1 Å². The van der Waals surface area contributed by atoms with Gasteiger partial charge < -0.3 is 10.5 Å². The smallest absolute Gasteiger partial charge is 0.313 e. The number of nitrogens with two attached hydrogens (primary N) is 1. The first-order valence-corrected chi connectivity index (χ1v) is 5.69. The van der Waals surface area contributed by atoms with E-state index < -0.39 is 4.92 Å². The molecule has 6 nitrogen and oxygen atoms in total. The van der Waals surface area contributed by atoms with Gasteiger partial charge in [-0.2, -0.15) is 0 Å². The Kier molecular flexibility index (Phi) is 3.52. The molecule has 7 heteroatoms. The minimum absolute atomic E-state index is 0.0720. The van der Waals surface area contributed by atoms with Gasteiger partial charge >= 0.3 is 5.69 Å². The van der Waals surface area contributed by atoms with E-state index in [9.17, 15) is 10.1 Å². The second-order valence-corrected chi connectivity index (χ2v) is 4.26. The highest BCUT2D eigenvalue weighted by Gasteiger charge is 2.20. The van der Waals surface area contributed by atoms with E-state index in [1.807, 2.05) is 6.92 Å². The van der Waals surface area contributed by atoms with Crippen molar-refractivity contribution in [2.24, 2.45) is 0 Å². The van der Waals surface area contributed by atoms with E-state index in [4.69, 9.17) is 22.1 Å². The van der Waals surface area contributed by atoms with E-state index in [0.717, 1.165) is 5.56 Å². The zero-order valence-electron chi connectivity index (χ0n) is 9.96. The maximum absolute atomic E-state index is 10.9. The molecule has 0 saturated carbocycles. The molecule has 0 amide bonds. The summed E-state index contributed by atoms with van der Waals surface area (Å²) < 4.78 is 5.38. The standard InChI is InChI=1S/C12H10ClN3O3/c1-7-5-9(14)12(15-6-7)19-11-8(13)3-2-4-10(11)16(17)18/h2-6H,14H2,1H3. The number of anilines is 1. The number of ether oxygens (including phenoxy) is 1. The second-order valence-electron chi connectivity index (χ2n) is 3.85. The summed E-state index contributed by atoms with van der Waals surface area (Å²) >= 11 is 5.91. The molecular formula is C12H10ClN3O3. The van der Waals surface area contributed by atoms with E-state index in [1.165, 1.54) is 18.2 Å². The molecule has 19 heavy (non-hydrogen) atoms. The molecular weight excluding hydrogens is 270 g/mol. The third-order valence-electron chi connectivity index (χ3n) is 2.36. The molecule has 0 aliphatic rings. The van der Waals surface area contributed by atoms with Gasteiger partial charge in [-0.15, -0.1) is 0 Å². The van der Waals surface area contributed by atoms with Crippen molar-refractivity contribution in [2.75, 3.05) is 5.73 Å². The number of pyridine rings is 1. The lowest BCUT2D eigenvalue weighted by Crippen LogP contribution is -1.99. The zero-order valence-corrected chi connectivity index (χ0v) is 10.7. The maximum atomic E-state index is 10.9. The number of para-hydroxylation sites is 1. The number of nitro groups is 1. The van der Waals surface area contributed by atoms with E-state index in [2.05, 4.69) is 4.98 Å². The number of rotatable bonds is 3. The van der Waals surface area contributed by atoms with Crippen LogP contribution in [0.3, 0.4) is 0 Å². The number of hydrogen-bond acceptors (Lipinski definition) is 5. The Morgan fingerprint density at radius 3 is 2.84 bits per heavy atom. The normalized spacial score (nSPS) is 10.2. The van der Waals surface area contributed by atoms with E-state index in [-0.39, 0.29) is 28.0 Å². The fourth-order valence-electron chi connectivity index (χ4n) is 1.50. The summed E-state index contributed by atoms with van der Waals surface area (Å²) in [6, 6.07) is 5.92. The van der Waals surface area contributed by atoms with Gasteiger partial charge in [0.2, 0.25) is 11.6 Å². The SMILES string of the molecule is Cc1cnc(Oc2c(Cl)cccc2[N+](=O)[O-])c(N)c1. The van der Waals surface area contributed by atoms with Gasteiger partial charge in [-0.05, 0) is 24.6 Å². The first kappa shape index (κ1) is 13.1. The fraction of sp³-hybridized carbons (Fsp3) is 0.0833. The average Bonchev–Trinajstić information content (AvgIpc) is 2.34. The second kappa shape index (κ2) is 5.11. The lowest BCUT2D eigenvalue weighted by Gasteiger charge is -2.09. The Morgan fingerprint density at radius 2 is 2.21 bits per heavy atom. The van der Waals surface area contributed by atoms with Crippen molar-refractivity contribution < 1.29 is 9.66 Å². The van der Waals surface area contributed by atoms with Crippen LogP contribution in [0.5, 0.6) is 11.6 Å².